The van der Waals surface area contributed by atoms with Crippen molar-refractivity contribution in [2.45, 2.75) is 40.5 Å². The molecule has 128 valence electrons. The van der Waals surface area contributed by atoms with E-state index in [0.29, 0.717) is 0 Å². The van der Waals surface area contributed by atoms with E-state index in [1.807, 2.05) is 6.20 Å². The average Bonchev–Trinajstić information content (AvgIpc) is 3.06. The SMILES string of the molecule is C/C=C(\c1cccc(C)c1)c1cn[nH]c1/C1=C/C=C\C(C)=C(/C)CC1. The van der Waals surface area contributed by atoms with E-state index >= 15 is 0 Å². The molecule has 1 aromatic heterocycles. The van der Waals surface area contributed by atoms with Gasteiger partial charge in [-0.15, -0.1) is 0 Å². The molecule has 0 aliphatic heterocycles. The van der Waals surface area contributed by atoms with Crippen LogP contribution in [0.15, 0.2) is 65.9 Å². The number of H-pyrrole nitrogens is 1. The predicted molar refractivity (Wildman–Crippen MR) is 107 cm³/mol. The van der Waals surface area contributed by atoms with Gasteiger partial charge in [-0.05, 0) is 57.2 Å². The maximum atomic E-state index is 4.36. The van der Waals surface area contributed by atoms with Gasteiger partial charge in [-0.3, -0.25) is 5.10 Å². The quantitative estimate of drug-likeness (QED) is 0.709. The van der Waals surface area contributed by atoms with E-state index in [1.54, 1.807) is 0 Å². The first-order valence-electron chi connectivity index (χ1n) is 8.91. The summed E-state index contributed by atoms with van der Waals surface area (Å²) in [6.07, 6.45) is 12.8. The summed E-state index contributed by atoms with van der Waals surface area (Å²) in [6.45, 7) is 8.63. The molecule has 0 unspecified atom stereocenters. The van der Waals surface area contributed by atoms with Crippen molar-refractivity contribution in [2.24, 2.45) is 0 Å². The normalized spacial score (nSPS) is 22.1. The summed E-state index contributed by atoms with van der Waals surface area (Å²) in [5, 5.41) is 7.60. The second-order valence-electron chi connectivity index (χ2n) is 6.74. The molecule has 0 saturated carbocycles. The van der Waals surface area contributed by atoms with Gasteiger partial charge in [0, 0.05) is 5.56 Å². The van der Waals surface area contributed by atoms with Crippen LogP contribution in [0.4, 0.5) is 0 Å². The first kappa shape index (κ1) is 17.2. The van der Waals surface area contributed by atoms with Gasteiger partial charge >= 0.3 is 0 Å². The fourth-order valence-electron chi connectivity index (χ4n) is 3.29. The van der Waals surface area contributed by atoms with Gasteiger partial charge < -0.3 is 0 Å². The van der Waals surface area contributed by atoms with E-state index in [0.717, 1.165) is 18.5 Å². The maximum absolute atomic E-state index is 4.36. The van der Waals surface area contributed by atoms with Crippen LogP contribution < -0.4 is 0 Å². The minimum atomic E-state index is 1.02. The molecule has 0 bridgehead atoms. The molecule has 2 heteroatoms. The van der Waals surface area contributed by atoms with Crippen LogP contribution in [-0.4, -0.2) is 10.2 Å². The molecule has 0 spiro atoms. The zero-order valence-corrected chi connectivity index (χ0v) is 15.6. The zero-order valence-electron chi connectivity index (χ0n) is 15.6. The Morgan fingerprint density at radius 1 is 1.16 bits per heavy atom. The van der Waals surface area contributed by atoms with Crippen LogP contribution in [0, 0.1) is 6.92 Å². The van der Waals surface area contributed by atoms with E-state index in [9.17, 15) is 0 Å². The monoisotopic (exact) mass is 330 g/mol. The molecule has 1 N–H and O–H groups in total. The van der Waals surface area contributed by atoms with Crippen molar-refractivity contribution in [3.05, 3.63) is 88.3 Å². The second-order valence-corrected chi connectivity index (χ2v) is 6.74. The van der Waals surface area contributed by atoms with Crippen LogP contribution >= 0.6 is 0 Å². The Kier molecular flexibility index (Phi) is 5.18. The molecule has 1 aromatic carbocycles. The van der Waals surface area contributed by atoms with Crippen molar-refractivity contribution in [1.82, 2.24) is 10.2 Å². The Bertz CT molecular complexity index is 888. The van der Waals surface area contributed by atoms with Gasteiger partial charge in [0.15, 0.2) is 0 Å². The fraction of sp³-hybridized carbons (Fsp3) is 0.261. The minimum absolute atomic E-state index is 1.02. The van der Waals surface area contributed by atoms with Crippen LogP contribution in [0.3, 0.4) is 0 Å². The van der Waals surface area contributed by atoms with Crippen molar-refractivity contribution in [2.75, 3.05) is 0 Å². The molecule has 25 heavy (non-hydrogen) atoms. The lowest BCUT2D eigenvalue weighted by molar-refractivity contribution is 0.958. The second kappa shape index (κ2) is 7.52. The molecule has 0 amide bonds. The summed E-state index contributed by atoms with van der Waals surface area (Å²) in [5.74, 6) is 0. The molecule has 2 nitrogen and oxygen atoms in total. The van der Waals surface area contributed by atoms with E-state index in [4.69, 9.17) is 0 Å². The Balaban J connectivity index is 2.01. The van der Waals surface area contributed by atoms with Crippen molar-refractivity contribution >= 4 is 11.1 Å². The third-order valence-corrected chi connectivity index (χ3v) is 4.95. The summed E-state index contributed by atoms with van der Waals surface area (Å²) in [5.41, 5.74) is 10.2. The molecule has 1 heterocycles. The van der Waals surface area contributed by atoms with E-state index < -0.39 is 0 Å². The third kappa shape index (κ3) is 3.74. The molecular formula is C23H26N2. The highest BCUT2D eigenvalue weighted by Gasteiger charge is 2.15. The largest absolute Gasteiger partial charge is 0.278 e. The van der Waals surface area contributed by atoms with E-state index in [-0.39, 0.29) is 0 Å². The smallest absolute Gasteiger partial charge is 0.0688 e. The molecule has 1 aliphatic carbocycles. The van der Waals surface area contributed by atoms with E-state index in [2.05, 4.69) is 86.5 Å². The van der Waals surface area contributed by atoms with Crippen LogP contribution in [0.2, 0.25) is 0 Å². The van der Waals surface area contributed by atoms with Gasteiger partial charge in [0.1, 0.15) is 0 Å². The number of aromatic amines is 1. The number of allylic oxidation sites excluding steroid dienone is 7. The van der Waals surface area contributed by atoms with Crippen LogP contribution in [-0.2, 0) is 0 Å². The molecule has 1 aliphatic rings. The van der Waals surface area contributed by atoms with Gasteiger partial charge in [-0.2, -0.15) is 5.10 Å². The summed E-state index contributed by atoms with van der Waals surface area (Å²) < 4.78 is 0. The van der Waals surface area contributed by atoms with Crippen molar-refractivity contribution < 1.29 is 0 Å². The highest BCUT2D eigenvalue weighted by molar-refractivity contribution is 5.86. The minimum Gasteiger partial charge on any atom is -0.278 e. The molecule has 0 saturated heterocycles. The predicted octanol–water partition coefficient (Wildman–Crippen LogP) is 6.24. The van der Waals surface area contributed by atoms with Crippen molar-refractivity contribution in [1.29, 1.82) is 0 Å². The average molecular weight is 330 g/mol. The van der Waals surface area contributed by atoms with Crippen LogP contribution in [0.25, 0.3) is 11.1 Å². The van der Waals surface area contributed by atoms with Gasteiger partial charge in [0.05, 0.1) is 11.9 Å². The highest BCUT2D eigenvalue weighted by atomic mass is 15.1. The van der Waals surface area contributed by atoms with Gasteiger partial charge in [0.2, 0.25) is 0 Å². The van der Waals surface area contributed by atoms with Crippen molar-refractivity contribution in [3.8, 4) is 0 Å². The number of hydrogen-bond donors (Lipinski definition) is 1. The van der Waals surface area contributed by atoms with E-state index in [1.165, 1.54) is 39.0 Å². The summed E-state index contributed by atoms with van der Waals surface area (Å²) in [7, 11) is 0. The third-order valence-electron chi connectivity index (χ3n) is 4.95. The fourth-order valence-corrected chi connectivity index (χ4v) is 3.29. The maximum Gasteiger partial charge on any atom is 0.0688 e. The lowest BCUT2D eigenvalue weighted by Gasteiger charge is -2.14. The Morgan fingerprint density at radius 3 is 2.76 bits per heavy atom. The number of aryl methyl sites for hydroxylation is 1. The topological polar surface area (TPSA) is 28.7 Å². The molecular weight excluding hydrogens is 304 g/mol. The summed E-state index contributed by atoms with van der Waals surface area (Å²) >= 11 is 0. The molecule has 0 fully saturated rings. The van der Waals surface area contributed by atoms with Crippen molar-refractivity contribution in [3.63, 3.8) is 0 Å². The van der Waals surface area contributed by atoms with Crippen LogP contribution in [0.5, 0.6) is 0 Å². The lowest BCUT2D eigenvalue weighted by atomic mass is 9.91. The van der Waals surface area contributed by atoms with Crippen LogP contribution in [0.1, 0.15) is 56.0 Å². The first-order valence-corrected chi connectivity index (χ1v) is 8.91. The first-order chi connectivity index (χ1) is 12.1. The number of benzene rings is 1. The highest BCUT2D eigenvalue weighted by Crippen LogP contribution is 2.32. The number of nitrogens with zero attached hydrogens (tertiary/aromatic N) is 1. The zero-order chi connectivity index (χ0) is 17.8. The van der Waals surface area contributed by atoms with Gasteiger partial charge in [0.25, 0.3) is 0 Å². The van der Waals surface area contributed by atoms with Gasteiger partial charge in [-0.1, -0.05) is 65.3 Å². The molecule has 2 aromatic rings. The lowest BCUT2D eigenvalue weighted by Crippen LogP contribution is -1.96. The Morgan fingerprint density at radius 2 is 2.00 bits per heavy atom. The number of aromatic nitrogens is 2. The molecule has 0 radical (unpaired) electrons. The van der Waals surface area contributed by atoms with Gasteiger partial charge in [-0.25, -0.2) is 0 Å². The number of rotatable bonds is 3. The Labute approximate surface area is 150 Å². The summed E-state index contributed by atoms with van der Waals surface area (Å²) in [4.78, 5) is 0. The molecule has 0 atom stereocenters. The summed E-state index contributed by atoms with van der Waals surface area (Å²) in [6, 6.07) is 8.64. The Hall–Kier alpha value is -2.61. The molecule has 3 rings (SSSR count). The number of nitrogens with one attached hydrogen (secondary N) is 1. The number of hydrogen-bond acceptors (Lipinski definition) is 1. The standard InChI is InChI=1S/C23H26N2/c1-5-21(20-11-6-8-16(2)14-20)22-15-24-25-23(22)19-10-7-9-17(3)18(4)12-13-19/h5-11,14-15H,12-13H2,1-4H3,(H,24,25)/b9-7-,18-17+,19-10+,21-5+.